The maximum absolute atomic E-state index is 4.72. The maximum Gasteiger partial charge on any atom is 0.0637 e. The average molecular weight is 424 g/mol. The topological polar surface area (TPSA) is 24.4 Å². The first-order valence-corrected chi connectivity index (χ1v) is 11.0. The van der Waals surface area contributed by atoms with E-state index in [0.717, 1.165) is 39.5 Å². The van der Waals surface area contributed by atoms with Gasteiger partial charge in [-0.3, -0.25) is 0 Å². The fourth-order valence-corrected chi connectivity index (χ4v) is 3.82. The van der Waals surface area contributed by atoms with E-state index in [1.54, 1.807) is 0 Å². The van der Waals surface area contributed by atoms with Crippen molar-refractivity contribution in [2.45, 2.75) is 0 Å². The smallest absolute Gasteiger partial charge is 0.0637 e. The van der Waals surface area contributed by atoms with Crippen LogP contribution < -0.4 is 5.32 Å². The number of hydrogen-bond acceptors (Lipinski definition) is 2. The van der Waals surface area contributed by atoms with Gasteiger partial charge in [-0.25, -0.2) is 4.99 Å². The van der Waals surface area contributed by atoms with Gasteiger partial charge >= 0.3 is 0 Å². The van der Waals surface area contributed by atoms with Gasteiger partial charge < -0.3 is 5.32 Å². The van der Waals surface area contributed by atoms with Gasteiger partial charge in [0.1, 0.15) is 0 Å². The molecule has 33 heavy (non-hydrogen) atoms. The molecule has 2 nitrogen and oxygen atoms in total. The van der Waals surface area contributed by atoms with Crippen molar-refractivity contribution >= 4 is 28.3 Å². The summed E-state index contributed by atoms with van der Waals surface area (Å²) in [5.74, 6) is 0. The van der Waals surface area contributed by atoms with Crippen LogP contribution >= 0.6 is 0 Å². The average Bonchev–Trinajstić information content (AvgIpc) is 2.88. The van der Waals surface area contributed by atoms with Crippen LogP contribution in [0.4, 0.5) is 17.1 Å². The van der Waals surface area contributed by atoms with E-state index >= 15 is 0 Å². The highest BCUT2D eigenvalue weighted by Gasteiger charge is 2.11. The summed E-state index contributed by atoms with van der Waals surface area (Å²) in [6.45, 7) is 0. The van der Waals surface area contributed by atoms with Crippen molar-refractivity contribution in [2.24, 2.45) is 4.99 Å². The zero-order valence-electron chi connectivity index (χ0n) is 18.1. The van der Waals surface area contributed by atoms with Crippen LogP contribution in [-0.4, -0.2) is 5.71 Å². The number of aliphatic imine (C=N–C) groups is 1. The van der Waals surface area contributed by atoms with E-state index < -0.39 is 0 Å². The van der Waals surface area contributed by atoms with Crippen molar-refractivity contribution in [1.82, 2.24) is 0 Å². The van der Waals surface area contributed by atoms with Crippen molar-refractivity contribution < 1.29 is 0 Å². The van der Waals surface area contributed by atoms with Crippen LogP contribution in [0.2, 0.25) is 0 Å². The summed E-state index contributed by atoms with van der Waals surface area (Å²) in [5.41, 5.74) is 8.67. The second kappa shape index (κ2) is 9.80. The summed E-state index contributed by atoms with van der Waals surface area (Å²) in [6.07, 6.45) is 8.43. The molecule has 1 aliphatic rings. The van der Waals surface area contributed by atoms with Crippen molar-refractivity contribution in [3.8, 4) is 0 Å². The molecule has 4 aromatic rings. The molecule has 1 aliphatic carbocycles. The minimum Gasteiger partial charge on any atom is -0.356 e. The highest BCUT2D eigenvalue weighted by molar-refractivity contribution is 6.08. The molecule has 0 saturated heterocycles. The first kappa shape index (κ1) is 20.5. The standard InChI is InChI=1S/C31H23N2/c1-4-10-24(11-5-1)31(25-16-20-29(21-17-25)32-27-12-6-2-7-13-27)26-18-22-30(23-19-26)33-28-14-8-3-9-15-28/h2-23,32H. The molecule has 0 heterocycles. The van der Waals surface area contributed by atoms with E-state index in [2.05, 4.69) is 84.2 Å². The third kappa shape index (κ3) is 5.08. The second-order valence-electron chi connectivity index (χ2n) is 7.73. The van der Waals surface area contributed by atoms with Crippen molar-refractivity contribution in [3.63, 3.8) is 0 Å². The molecular weight excluding hydrogens is 400 g/mol. The quantitative estimate of drug-likeness (QED) is 0.346. The monoisotopic (exact) mass is 423 g/mol. The lowest BCUT2D eigenvalue weighted by Gasteiger charge is -2.15. The molecule has 0 aliphatic heterocycles. The summed E-state index contributed by atoms with van der Waals surface area (Å²) >= 11 is 0. The number of hydrogen-bond donors (Lipinski definition) is 1. The van der Waals surface area contributed by atoms with Crippen molar-refractivity contribution in [1.29, 1.82) is 0 Å². The number of para-hydroxylation sites is 2. The minimum atomic E-state index is 0.938. The van der Waals surface area contributed by atoms with Crippen molar-refractivity contribution in [2.75, 3.05) is 5.32 Å². The molecule has 0 spiro atoms. The number of anilines is 2. The fraction of sp³-hybridized carbons (Fsp3) is 0. The number of nitrogens with zero attached hydrogens (tertiary/aromatic N) is 1. The third-order valence-electron chi connectivity index (χ3n) is 5.41. The highest BCUT2D eigenvalue weighted by atomic mass is 14.9. The Kier molecular flexibility index (Phi) is 6.08. The van der Waals surface area contributed by atoms with Gasteiger partial charge in [-0.2, -0.15) is 0 Å². The van der Waals surface area contributed by atoms with Gasteiger partial charge in [0.25, 0.3) is 0 Å². The Balaban J connectivity index is 1.47. The fourth-order valence-electron chi connectivity index (χ4n) is 3.82. The van der Waals surface area contributed by atoms with Crippen LogP contribution in [0.5, 0.6) is 0 Å². The van der Waals surface area contributed by atoms with Gasteiger partial charge in [0.2, 0.25) is 0 Å². The molecule has 1 N–H and O–H groups in total. The van der Waals surface area contributed by atoms with Gasteiger partial charge in [-0.1, -0.05) is 84.9 Å². The highest BCUT2D eigenvalue weighted by Crippen LogP contribution is 2.31. The lowest BCUT2D eigenvalue weighted by molar-refractivity contribution is 1.48. The van der Waals surface area contributed by atoms with Crippen LogP contribution in [-0.2, 0) is 0 Å². The number of benzene rings is 4. The lowest BCUT2D eigenvalue weighted by Crippen LogP contribution is -1.98. The third-order valence-corrected chi connectivity index (χ3v) is 5.41. The molecule has 0 atom stereocenters. The predicted octanol–water partition coefficient (Wildman–Crippen LogP) is 7.93. The Hall–Kier alpha value is -4.43. The first-order valence-electron chi connectivity index (χ1n) is 11.0. The summed E-state index contributed by atoms with van der Waals surface area (Å²) < 4.78 is 0. The van der Waals surface area contributed by atoms with Crippen LogP contribution in [0, 0.1) is 6.07 Å². The van der Waals surface area contributed by atoms with Gasteiger partial charge in [0.05, 0.1) is 11.4 Å². The molecule has 0 aromatic heterocycles. The molecule has 157 valence electrons. The molecule has 2 heteroatoms. The molecule has 5 rings (SSSR count). The summed E-state index contributed by atoms with van der Waals surface area (Å²) in [4.78, 5) is 4.72. The van der Waals surface area contributed by atoms with E-state index in [1.165, 1.54) is 5.57 Å². The van der Waals surface area contributed by atoms with E-state index in [0.29, 0.717) is 0 Å². The second-order valence-corrected chi connectivity index (χ2v) is 7.73. The first-order chi connectivity index (χ1) is 16.3. The van der Waals surface area contributed by atoms with Gasteiger partial charge in [0, 0.05) is 11.4 Å². The molecule has 1 radical (unpaired) electrons. The van der Waals surface area contributed by atoms with Crippen LogP contribution in [0.1, 0.15) is 11.1 Å². The number of allylic oxidation sites excluding steroid dienone is 5. The van der Waals surface area contributed by atoms with E-state index in [-0.39, 0.29) is 0 Å². The summed E-state index contributed by atoms with van der Waals surface area (Å²) in [6, 6.07) is 40.1. The van der Waals surface area contributed by atoms with Crippen molar-refractivity contribution in [3.05, 3.63) is 156 Å². The van der Waals surface area contributed by atoms with Crippen LogP contribution in [0.3, 0.4) is 0 Å². The van der Waals surface area contributed by atoms with E-state index in [1.807, 2.05) is 60.7 Å². The Morgan fingerprint density at radius 3 is 1.82 bits per heavy atom. The molecule has 0 amide bonds. The van der Waals surface area contributed by atoms with Crippen LogP contribution in [0.25, 0.3) is 5.57 Å². The summed E-state index contributed by atoms with van der Waals surface area (Å²) in [5, 5.41) is 3.45. The maximum atomic E-state index is 4.72. The normalized spacial score (nSPS) is 12.5. The van der Waals surface area contributed by atoms with E-state index in [4.69, 9.17) is 4.99 Å². The Morgan fingerprint density at radius 2 is 1.15 bits per heavy atom. The summed E-state index contributed by atoms with van der Waals surface area (Å²) in [7, 11) is 0. The Bertz CT molecular complexity index is 1310. The zero-order chi connectivity index (χ0) is 22.3. The van der Waals surface area contributed by atoms with E-state index in [9.17, 15) is 0 Å². The largest absolute Gasteiger partial charge is 0.356 e. The van der Waals surface area contributed by atoms with Crippen LogP contribution in [0.15, 0.2) is 144 Å². The predicted molar refractivity (Wildman–Crippen MR) is 139 cm³/mol. The Morgan fingerprint density at radius 1 is 0.576 bits per heavy atom. The molecule has 0 unspecified atom stereocenters. The molecule has 0 bridgehead atoms. The minimum absolute atomic E-state index is 0.938. The zero-order valence-corrected chi connectivity index (χ0v) is 18.1. The van der Waals surface area contributed by atoms with Gasteiger partial charge in [-0.05, 0) is 76.9 Å². The molecule has 4 aromatic carbocycles. The lowest BCUT2D eigenvalue weighted by atomic mass is 9.91. The number of rotatable bonds is 5. The molecule has 0 saturated carbocycles. The molecule has 0 fully saturated rings. The van der Waals surface area contributed by atoms with Gasteiger partial charge in [-0.15, -0.1) is 0 Å². The number of nitrogens with one attached hydrogen (secondary N) is 1. The van der Waals surface area contributed by atoms with Gasteiger partial charge in [0.15, 0.2) is 0 Å². The SMILES string of the molecule is [c]1ccc(C(=C2C=CC(=Nc3ccccc3)C=C2)c2ccc(Nc3ccccc3)cc2)cc1. The molecular formula is C31H23N2. The Labute approximate surface area is 195 Å².